The molecule has 4 nitrogen and oxygen atoms in total. The minimum atomic E-state index is 0.816. The van der Waals surface area contributed by atoms with Gasteiger partial charge in [-0.3, -0.25) is 9.98 Å². The highest BCUT2D eigenvalue weighted by atomic mass is 16.5. The van der Waals surface area contributed by atoms with Gasteiger partial charge in [-0.2, -0.15) is 0 Å². The third-order valence-electron chi connectivity index (χ3n) is 3.85. The van der Waals surface area contributed by atoms with E-state index in [0.29, 0.717) is 0 Å². The number of benzene rings is 3. The monoisotopic (exact) mass is 344 g/mol. The average molecular weight is 344 g/mol. The van der Waals surface area contributed by atoms with Crippen LogP contribution in [0, 0.1) is 0 Å². The van der Waals surface area contributed by atoms with Crippen molar-refractivity contribution in [3.8, 4) is 11.5 Å². The second kappa shape index (κ2) is 8.62. The van der Waals surface area contributed by atoms with Gasteiger partial charge in [-0.05, 0) is 48.5 Å². The van der Waals surface area contributed by atoms with Gasteiger partial charge in [0, 0.05) is 23.6 Å². The Bertz CT molecular complexity index is 822. The molecule has 0 aromatic heterocycles. The van der Waals surface area contributed by atoms with Crippen molar-refractivity contribution in [2.24, 2.45) is 9.98 Å². The fourth-order valence-electron chi connectivity index (χ4n) is 2.37. The summed E-state index contributed by atoms with van der Waals surface area (Å²) in [7, 11) is 3.30. The average Bonchev–Trinajstić information content (AvgIpc) is 2.72. The first kappa shape index (κ1) is 17.4. The van der Waals surface area contributed by atoms with Crippen molar-refractivity contribution in [1.29, 1.82) is 0 Å². The second-order valence-corrected chi connectivity index (χ2v) is 5.54. The summed E-state index contributed by atoms with van der Waals surface area (Å²) in [4.78, 5) is 9.06. The lowest BCUT2D eigenvalue weighted by atomic mass is 10.1. The molecule has 0 aliphatic heterocycles. The van der Waals surface area contributed by atoms with Crippen LogP contribution in [-0.2, 0) is 0 Å². The maximum atomic E-state index is 5.16. The molecule has 4 heteroatoms. The number of hydrogen-bond acceptors (Lipinski definition) is 4. The molecule has 0 spiro atoms. The van der Waals surface area contributed by atoms with Crippen LogP contribution >= 0.6 is 0 Å². The van der Waals surface area contributed by atoms with E-state index >= 15 is 0 Å². The van der Waals surface area contributed by atoms with E-state index < -0.39 is 0 Å². The fraction of sp³-hybridized carbons (Fsp3) is 0.0909. The Labute approximate surface area is 153 Å². The van der Waals surface area contributed by atoms with Crippen LogP contribution in [0.5, 0.6) is 11.5 Å². The summed E-state index contributed by atoms with van der Waals surface area (Å²) in [5.74, 6) is 1.63. The van der Waals surface area contributed by atoms with Gasteiger partial charge in [0.15, 0.2) is 0 Å². The second-order valence-electron chi connectivity index (χ2n) is 5.54. The summed E-state index contributed by atoms with van der Waals surface area (Å²) in [5, 5.41) is 0. The van der Waals surface area contributed by atoms with Crippen molar-refractivity contribution in [3.63, 3.8) is 0 Å². The van der Waals surface area contributed by atoms with Crippen LogP contribution in [0.2, 0.25) is 0 Å². The van der Waals surface area contributed by atoms with E-state index in [1.165, 1.54) is 0 Å². The maximum Gasteiger partial charge on any atom is 0.119 e. The van der Waals surface area contributed by atoms with Gasteiger partial charge < -0.3 is 9.47 Å². The molecule has 0 atom stereocenters. The lowest BCUT2D eigenvalue weighted by Gasteiger charge is -2.02. The first-order valence-electron chi connectivity index (χ1n) is 8.24. The van der Waals surface area contributed by atoms with Crippen LogP contribution in [0.25, 0.3) is 0 Å². The zero-order valence-electron chi connectivity index (χ0n) is 14.8. The van der Waals surface area contributed by atoms with E-state index in [2.05, 4.69) is 9.98 Å². The predicted octanol–water partition coefficient (Wildman–Crippen LogP) is 5.21. The lowest BCUT2D eigenvalue weighted by molar-refractivity contribution is 0.415. The van der Waals surface area contributed by atoms with Gasteiger partial charge in [-0.15, -0.1) is 0 Å². The summed E-state index contributed by atoms with van der Waals surface area (Å²) in [6.07, 6.45) is 3.69. The highest BCUT2D eigenvalue weighted by Gasteiger charge is 1.98. The van der Waals surface area contributed by atoms with Crippen LogP contribution in [0.4, 0.5) is 11.4 Å². The summed E-state index contributed by atoms with van der Waals surface area (Å²) < 4.78 is 10.3. The molecule has 3 rings (SSSR count). The van der Waals surface area contributed by atoms with E-state index in [0.717, 1.165) is 34.0 Å². The van der Waals surface area contributed by atoms with Crippen LogP contribution < -0.4 is 9.47 Å². The Morgan fingerprint density at radius 3 is 1.31 bits per heavy atom. The van der Waals surface area contributed by atoms with Gasteiger partial charge in [0.1, 0.15) is 11.5 Å². The molecule has 0 fully saturated rings. The summed E-state index contributed by atoms with van der Waals surface area (Å²) >= 11 is 0. The number of methoxy groups -OCH3 is 2. The quantitative estimate of drug-likeness (QED) is 0.577. The van der Waals surface area contributed by atoms with Crippen LogP contribution in [0.1, 0.15) is 11.1 Å². The van der Waals surface area contributed by atoms with Gasteiger partial charge in [-0.1, -0.05) is 24.3 Å². The SMILES string of the molecule is COc1ccc(N=Cc2ccccc2C=Nc2ccc(OC)cc2)cc1. The topological polar surface area (TPSA) is 43.2 Å². The molecule has 0 saturated heterocycles. The Kier molecular flexibility index (Phi) is 5.78. The third-order valence-corrected chi connectivity index (χ3v) is 3.85. The maximum absolute atomic E-state index is 5.16. The minimum absolute atomic E-state index is 0.816. The van der Waals surface area contributed by atoms with Crippen LogP contribution in [0.15, 0.2) is 82.8 Å². The van der Waals surface area contributed by atoms with Crippen LogP contribution in [-0.4, -0.2) is 26.6 Å². The van der Waals surface area contributed by atoms with Crippen molar-refractivity contribution < 1.29 is 9.47 Å². The van der Waals surface area contributed by atoms with E-state index in [4.69, 9.17) is 9.47 Å². The number of aliphatic imine (C=N–C) groups is 2. The molecule has 3 aromatic rings. The molecule has 0 saturated carbocycles. The molecule has 0 amide bonds. The molecule has 0 bridgehead atoms. The van der Waals surface area contributed by atoms with Crippen molar-refractivity contribution in [2.45, 2.75) is 0 Å². The zero-order chi connectivity index (χ0) is 18.2. The molecule has 130 valence electrons. The molecule has 0 radical (unpaired) electrons. The third kappa shape index (κ3) is 4.57. The van der Waals surface area contributed by atoms with Gasteiger partial charge in [0.25, 0.3) is 0 Å². The van der Waals surface area contributed by atoms with Crippen LogP contribution in [0.3, 0.4) is 0 Å². The molecule has 3 aromatic carbocycles. The van der Waals surface area contributed by atoms with E-state index in [9.17, 15) is 0 Å². The van der Waals surface area contributed by atoms with E-state index in [-0.39, 0.29) is 0 Å². The van der Waals surface area contributed by atoms with Gasteiger partial charge >= 0.3 is 0 Å². The predicted molar refractivity (Wildman–Crippen MR) is 107 cm³/mol. The zero-order valence-corrected chi connectivity index (χ0v) is 14.8. The molecule has 0 N–H and O–H groups in total. The van der Waals surface area contributed by atoms with Gasteiger partial charge in [0.2, 0.25) is 0 Å². The highest BCUT2D eigenvalue weighted by Crippen LogP contribution is 2.19. The summed E-state index contributed by atoms with van der Waals surface area (Å²) in [6.45, 7) is 0. The Morgan fingerprint density at radius 1 is 0.577 bits per heavy atom. The lowest BCUT2D eigenvalue weighted by Crippen LogP contribution is -1.90. The molecule has 0 heterocycles. The Hall–Kier alpha value is -3.40. The number of nitrogens with zero attached hydrogens (tertiary/aromatic N) is 2. The normalized spacial score (nSPS) is 11.2. The fourth-order valence-corrected chi connectivity index (χ4v) is 2.37. The number of hydrogen-bond donors (Lipinski definition) is 0. The summed E-state index contributed by atoms with van der Waals surface area (Å²) in [6, 6.07) is 23.3. The van der Waals surface area contributed by atoms with Crippen molar-refractivity contribution in [1.82, 2.24) is 0 Å². The van der Waals surface area contributed by atoms with Crippen molar-refractivity contribution >= 4 is 23.8 Å². The van der Waals surface area contributed by atoms with Gasteiger partial charge in [0.05, 0.1) is 25.6 Å². The van der Waals surface area contributed by atoms with E-state index in [1.807, 2.05) is 85.2 Å². The standard InChI is InChI=1S/C22H20N2O2/c1-25-21-11-7-19(8-12-21)23-15-17-5-3-4-6-18(17)16-24-20-9-13-22(26-2)14-10-20/h3-16H,1-2H3. The Balaban J connectivity index is 1.78. The number of rotatable bonds is 6. The molecular formula is C22H20N2O2. The Morgan fingerprint density at radius 2 is 0.962 bits per heavy atom. The molecule has 0 aliphatic rings. The molecule has 0 unspecified atom stereocenters. The highest BCUT2D eigenvalue weighted by molar-refractivity contribution is 5.95. The largest absolute Gasteiger partial charge is 0.497 e. The van der Waals surface area contributed by atoms with Crippen molar-refractivity contribution in [3.05, 3.63) is 83.9 Å². The molecule has 26 heavy (non-hydrogen) atoms. The van der Waals surface area contributed by atoms with Crippen molar-refractivity contribution in [2.75, 3.05) is 14.2 Å². The first-order chi connectivity index (χ1) is 12.8. The van der Waals surface area contributed by atoms with E-state index in [1.54, 1.807) is 14.2 Å². The first-order valence-corrected chi connectivity index (χ1v) is 8.24. The molecule has 0 aliphatic carbocycles. The number of ether oxygens (including phenoxy) is 2. The summed E-state index contributed by atoms with van der Waals surface area (Å²) in [5.41, 5.74) is 3.74. The molecular weight excluding hydrogens is 324 g/mol. The van der Waals surface area contributed by atoms with Gasteiger partial charge in [-0.25, -0.2) is 0 Å². The smallest absolute Gasteiger partial charge is 0.119 e. The minimum Gasteiger partial charge on any atom is -0.497 e.